The molecule has 6 nitrogen and oxygen atoms in total. The second-order valence-electron chi connectivity index (χ2n) is 5.64. The number of sulfonamides is 1. The van der Waals surface area contributed by atoms with Gasteiger partial charge in [-0.25, -0.2) is 13.6 Å². The third-order valence-electron chi connectivity index (χ3n) is 2.19. The molecule has 7 heteroatoms. The number of primary sulfonamides is 1. The van der Waals surface area contributed by atoms with Gasteiger partial charge in [-0.2, -0.15) is 0 Å². The van der Waals surface area contributed by atoms with Crippen molar-refractivity contribution in [2.75, 3.05) is 0 Å². The van der Waals surface area contributed by atoms with Crippen molar-refractivity contribution in [1.29, 1.82) is 0 Å². The summed E-state index contributed by atoms with van der Waals surface area (Å²) in [4.78, 5) is 0. The standard InChI is InChI=1S/C10H20N4O2S/c1-7(2)14-8(6-10(3,4)5)12-13-9(14)17(11,15)16/h7H,6H2,1-5H3,(H2,11,15,16). The Kier molecular flexibility index (Phi) is 3.63. The molecule has 0 unspecified atom stereocenters. The molecule has 0 aliphatic rings. The molecule has 0 saturated carbocycles. The lowest BCUT2D eigenvalue weighted by molar-refractivity contribution is 0.380. The van der Waals surface area contributed by atoms with Gasteiger partial charge in [-0.1, -0.05) is 20.8 Å². The third-order valence-corrected chi connectivity index (χ3v) is 2.98. The zero-order valence-electron chi connectivity index (χ0n) is 10.9. The first kappa shape index (κ1) is 14.1. The van der Waals surface area contributed by atoms with Crippen LogP contribution in [0.25, 0.3) is 0 Å². The summed E-state index contributed by atoms with van der Waals surface area (Å²) in [5.74, 6) is 0.650. The van der Waals surface area contributed by atoms with Gasteiger partial charge in [0, 0.05) is 12.5 Å². The molecule has 1 heterocycles. The van der Waals surface area contributed by atoms with E-state index in [4.69, 9.17) is 5.14 Å². The van der Waals surface area contributed by atoms with E-state index in [2.05, 4.69) is 31.0 Å². The molecule has 98 valence electrons. The molecular formula is C10H20N4O2S. The molecule has 2 N–H and O–H groups in total. The van der Waals surface area contributed by atoms with Gasteiger partial charge in [0.1, 0.15) is 5.82 Å². The minimum Gasteiger partial charge on any atom is -0.298 e. The largest absolute Gasteiger partial charge is 0.298 e. The van der Waals surface area contributed by atoms with Gasteiger partial charge in [-0.3, -0.25) is 4.57 Å². The van der Waals surface area contributed by atoms with Crippen molar-refractivity contribution in [3.63, 3.8) is 0 Å². The molecule has 1 rings (SSSR count). The van der Waals surface area contributed by atoms with Crippen LogP contribution in [0, 0.1) is 5.41 Å². The van der Waals surface area contributed by atoms with Gasteiger partial charge < -0.3 is 0 Å². The minimum absolute atomic E-state index is 0.00923. The van der Waals surface area contributed by atoms with E-state index in [-0.39, 0.29) is 16.6 Å². The predicted molar refractivity (Wildman–Crippen MR) is 64.9 cm³/mol. The molecule has 1 aromatic rings. The van der Waals surface area contributed by atoms with Gasteiger partial charge in [0.25, 0.3) is 15.2 Å². The molecular weight excluding hydrogens is 240 g/mol. The topological polar surface area (TPSA) is 90.9 Å². The second-order valence-corrected chi connectivity index (χ2v) is 7.10. The van der Waals surface area contributed by atoms with Crippen molar-refractivity contribution >= 4 is 10.0 Å². The molecule has 0 bridgehead atoms. The van der Waals surface area contributed by atoms with Gasteiger partial charge in [0.05, 0.1) is 0 Å². The minimum atomic E-state index is -3.82. The lowest BCUT2D eigenvalue weighted by atomic mass is 9.92. The maximum atomic E-state index is 11.4. The number of hydrogen-bond donors (Lipinski definition) is 1. The maximum Gasteiger partial charge on any atom is 0.273 e. The van der Waals surface area contributed by atoms with E-state index in [1.165, 1.54) is 0 Å². The second kappa shape index (κ2) is 4.38. The first-order chi connectivity index (χ1) is 7.52. The number of rotatable bonds is 3. The Morgan fingerprint density at radius 3 is 2.18 bits per heavy atom. The molecule has 0 aliphatic heterocycles. The first-order valence-corrected chi connectivity index (χ1v) is 7.03. The quantitative estimate of drug-likeness (QED) is 0.880. The summed E-state index contributed by atoms with van der Waals surface area (Å²) < 4.78 is 24.4. The van der Waals surface area contributed by atoms with Crippen LogP contribution in [0.3, 0.4) is 0 Å². The molecule has 0 amide bonds. The van der Waals surface area contributed by atoms with Gasteiger partial charge in [0.15, 0.2) is 0 Å². The van der Waals surface area contributed by atoms with Crippen molar-refractivity contribution < 1.29 is 8.42 Å². The first-order valence-electron chi connectivity index (χ1n) is 5.49. The molecule has 0 atom stereocenters. The van der Waals surface area contributed by atoms with Gasteiger partial charge in [0.2, 0.25) is 0 Å². The van der Waals surface area contributed by atoms with Gasteiger partial charge in [-0.05, 0) is 19.3 Å². The van der Waals surface area contributed by atoms with Crippen LogP contribution < -0.4 is 5.14 Å². The molecule has 0 saturated heterocycles. The summed E-state index contributed by atoms with van der Waals surface area (Å²) >= 11 is 0. The van der Waals surface area contributed by atoms with E-state index in [9.17, 15) is 8.42 Å². The van der Waals surface area contributed by atoms with Crippen LogP contribution in [-0.2, 0) is 16.4 Å². The maximum absolute atomic E-state index is 11.4. The van der Waals surface area contributed by atoms with E-state index in [1.54, 1.807) is 4.57 Å². The average Bonchev–Trinajstić information content (AvgIpc) is 2.43. The normalized spacial score (nSPS) is 13.4. The van der Waals surface area contributed by atoms with Gasteiger partial charge >= 0.3 is 0 Å². The van der Waals surface area contributed by atoms with Crippen molar-refractivity contribution in [2.45, 2.75) is 52.2 Å². The summed E-state index contributed by atoms with van der Waals surface area (Å²) in [5, 5.41) is 12.6. The molecule has 1 aromatic heterocycles. The highest BCUT2D eigenvalue weighted by Gasteiger charge is 2.25. The van der Waals surface area contributed by atoms with Crippen LogP contribution in [0.2, 0.25) is 0 Å². The van der Waals surface area contributed by atoms with Crippen LogP contribution in [0.15, 0.2) is 5.16 Å². The van der Waals surface area contributed by atoms with Crippen LogP contribution in [-0.4, -0.2) is 23.2 Å². The Bertz CT molecular complexity index is 497. The smallest absolute Gasteiger partial charge is 0.273 e. The highest BCUT2D eigenvalue weighted by atomic mass is 32.2. The molecule has 0 fully saturated rings. The molecule has 0 aromatic carbocycles. The van der Waals surface area contributed by atoms with Crippen LogP contribution in [0.5, 0.6) is 0 Å². The average molecular weight is 260 g/mol. The highest BCUT2D eigenvalue weighted by molar-refractivity contribution is 7.89. The van der Waals surface area contributed by atoms with E-state index in [0.29, 0.717) is 12.2 Å². The lowest BCUT2D eigenvalue weighted by Gasteiger charge is -2.19. The number of nitrogens with two attached hydrogens (primary N) is 1. The number of nitrogens with zero attached hydrogens (tertiary/aromatic N) is 3. The SMILES string of the molecule is CC(C)n1c(CC(C)(C)C)nnc1S(N)(=O)=O. The van der Waals surface area contributed by atoms with Crippen LogP contribution >= 0.6 is 0 Å². The van der Waals surface area contributed by atoms with E-state index < -0.39 is 10.0 Å². The monoisotopic (exact) mass is 260 g/mol. The van der Waals surface area contributed by atoms with E-state index in [1.807, 2.05) is 13.8 Å². The fourth-order valence-corrected chi connectivity index (χ4v) is 2.36. The Hall–Kier alpha value is -0.950. The van der Waals surface area contributed by atoms with E-state index in [0.717, 1.165) is 0 Å². The molecule has 17 heavy (non-hydrogen) atoms. The van der Waals surface area contributed by atoms with Crippen molar-refractivity contribution in [3.8, 4) is 0 Å². The Balaban J connectivity index is 3.31. The molecule has 0 aliphatic carbocycles. The number of aromatic nitrogens is 3. The Morgan fingerprint density at radius 2 is 1.82 bits per heavy atom. The predicted octanol–water partition coefficient (Wildman–Crippen LogP) is 1.10. The Labute approximate surface area is 102 Å². The summed E-state index contributed by atoms with van der Waals surface area (Å²) in [6, 6.07) is -0.0457. The summed E-state index contributed by atoms with van der Waals surface area (Å²) in [6.45, 7) is 9.93. The Morgan fingerprint density at radius 1 is 1.29 bits per heavy atom. The zero-order valence-corrected chi connectivity index (χ0v) is 11.7. The molecule has 0 spiro atoms. The fraction of sp³-hybridized carbons (Fsp3) is 0.800. The molecule has 0 radical (unpaired) electrons. The van der Waals surface area contributed by atoms with E-state index >= 15 is 0 Å². The van der Waals surface area contributed by atoms with Crippen LogP contribution in [0.1, 0.15) is 46.5 Å². The van der Waals surface area contributed by atoms with Crippen molar-refractivity contribution in [2.24, 2.45) is 10.6 Å². The van der Waals surface area contributed by atoms with Crippen molar-refractivity contribution in [1.82, 2.24) is 14.8 Å². The highest BCUT2D eigenvalue weighted by Crippen LogP contribution is 2.23. The summed E-state index contributed by atoms with van der Waals surface area (Å²) in [5.41, 5.74) is 0.00923. The third kappa shape index (κ3) is 3.50. The summed E-state index contributed by atoms with van der Waals surface area (Å²) in [7, 11) is -3.82. The fourth-order valence-electron chi connectivity index (χ4n) is 1.62. The van der Waals surface area contributed by atoms with Crippen molar-refractivity contribution in [3.05, 3.63) is 5.82 Å². The van der Waals surface area contributed by atoms with Crippen LogP contribution in [0.4, 0.5) is 0 Å². The number of hydrogen-bond acceptors (Lipinski definition) is 4. The summed E-state index contributed by atoms with van der Waals surface area (Å²) in [6.07, 6.45) is 0.647. The van der Waals surface area contributed by atoms with Gasteiger partial charge in [-0.15, -0.1) is 10.2 Å². The lowest BCUT2D eigenvalue weighted by Crippen LogP contribution is -2.22. The zero-order chi connectivity index (χ0) is 13.4.